The Kier molecular flexibility index (Phi) is 5.59. The molecule has 6 heteroatoms. The van der Waals surface area contributed by atoms with Crippen molar-refractivity contribution >= 4 is 11.9 Å². The van der Waals surface area contributed by atoms with Crippen LogP contribution in [0.5, 0.6) is 6.01 Å². The van der Waals surface area contributed by atoms with E-state index in [0.29, 0.717) is 23.9 Å². The maximum atomic E-state index is 5.16. The molecular formula is C15H27N5O. The van der Waals surface area contributed by atoms with Gasteiger partial charge in [-0.1, -0.05) is 20.8 Å². The SMILES string of the molecule is CCCNc1nc(NC2CCC(C)C(C)C2)nc(OC)n1. The van der Waals surface area contributed by atoms with Crippen LogP contribution in [0.25, 0.3) is 0 Å². The van der Waals surface area contributed by atoms with Gasteiger partial charge in [0.25, 0.3) is 0 Å². The van der Waals surface area contributed by atoms with Crippen LogP contribution in [0.1, 0.15) is 46.5 Å². The average Bonchev–Trinajstić information content (AvgIpc) is 2.48. The summed E-state index contributed by atoms with van der Waals surface area (Å²) in [5.41, 5.74) is 0. The van der Waals surface area contributed by atoms with Crippen molar-refractivity contribution in [2.24, 2.45) is 11.8 Å². The Morgan fingerprint density at radius 3 is 2.52 bits per heavy atom. The molecule has 3 atom stereocenters. The maximum Gasteiger partial charge on any atom is 0.322 e. The van der Waals surface area contributed by atoms with Crippen molar-refractivity contribution in [1.29, 1.82) is 0 Å². The molecule has 1 aliphatic carbocycles. The number of methoxy groups -OCH3 is 1. The highest BCUT2D eigenvalue weighted by Gasteiger charge is 2.25. The molecule has 1 heterocycles. The van der Waals surface area contributed by atoms with Crippen LogP contribution in [0.3, 0.4) is 0 Å². The Hall–Kier alpha value is -1.59. The molecule has 2 N–H and O–H groups in total. The van der Waals surface area contributed by atoms with Gasteiger partial charge in [-0.2, -0.15) is 15.0 Å². The highest BCUT2D eigenvalue weighted by Crippen LogP contribution is 2.30. The van der Waals surface area contributed by atoms with Gasteiger partial charge in [-0.25, -0.2) is 0 Å². The summed E-state index contributed by atoms with van der Waals surface area (Å²) in [4.78, 5) is 12.9. The Balaban J connectivity index is 2.04. The Morgan fingerprint density at radius 1 is 1.10 bits per heavy atom. The van der Waals surface area contributed by atoms with E-state index >= 15 is 0 Å². The van der Waals surface area contributed by atoms with Crippen molar-refractivity contribution in [3.63, 3.8) is 0 Å². The van der Waals surface area contributed by atoms with Crippen LogP contribution in [0.4, 0.5) is 11.9 Å². The highest BCUT2D eigenvalue weighted by atomic mass is 16.5. The van der Waals surface area contributed by atoms with Gasteiger partial charge < -0.3 is 15.4 Å². The van der Waals surface area contributed by atoms with Gasteiger partial charge in [-0.15, -0.1) is 0 Å². The monoisotopic (exact) mass is 293 g/mol. The van der Waals surface area contributed by atoms with Crippen LogP contribution in [-0.2, 0) is 0 Å². The first-order chi connectivity index (χ1) is 10.1. The molecule has 1 aromatic heterocycles. The first-order valence-electron chi connectivity index (χ1n) is 7.92. The molecule has 0 spiro atoms. The standard InChI is InChI=1S/C15H27N5O/c1-5-8-16-13-18-14(20-15(19-13)21-4)17-12-7-6-10(2)11(3)9-12/h10-12H,5-9H2,1-4H3,(H2,16,17,18,19,20). The lowest BCUT2D eigenvalue weighted by Crippen LogP contribution is -2.31. The van der Waals surface area contributed by atoms with Gasteiger partial charge >= 0.3 is 6.01 Å². The summed E-state index contributed by atoms with van der Waals surface area (Å²) in [6.45, 7) is 7.60. The molecular weight excluding hydrogens is 266 g/mol. The smallest absolute Gasteiger partial charge is 0.322 e. The fourth-order valence-corrected chi connectivity index (χ4v) is 2.69. The van der Waals surface area contributed by atoms with Gasteiger partial charge in [0.15, 0.2) is 0 Å². The molecule has 0 aliphatic heterocycles. The summed E-state index contributed by atoms with van der Waals surface area (Å²) in [5.74, 6) is 2.71. The molecule has 1 fully saturated rings. The average molecular weight is 293 g/mol. The topological polar surface area (TPSA) is 72.0 Å². The molecule has 2 rings (SSSR count). The van der Waals surface area contributed by atoms with Crippen LogP contribution in [0, 0.1) is 11.8 Å². The predicted molar refractivity (Wildman–Crippen MR) is 84.7 cm³/mol. The van der Waals surface area contributed by atoms with E-state index in [1.807, 2.05) is 0 Å². The summed E-state index contributed by atoms with van der Waals surface area (Å²) in [6.07, 6.45) is 4.60. The molecule has 118 valence electrons. The zero-order chi connectivity index (χ0) is 15.2. The largest absolute Gasteiger partial charge is 0.467 e. The first-order valence-corrected chi connectivity index (χ1v) is 7.92. The lowest BCUT2D eigenvalue weighted by atomic mass is 9.79. The van der Waals surface area contributed by atoms with Gasteiger partial charge in [-0.05, 0) is 37.5 Å². The van der Waals surface area contributed by atoms with Crippen molar-refractivity contribution in [1.82, 2.24) is 15.0 Å². The van der Waals surface area contributed by atoms with Crippen LogP contribution in [-0.4, -0.2) is 34.6 Å². The molecule has 21 heavy (non-hydrogen) atoms. The zero-order valence-electron chi connectivity index (χ0n) is 13.5. The van der Waals surface area contributed by atoms with E-state index in [2.05, 4.69) is 46.4 Å². The lowest BCUT2D eigenvalue weighted by Gasteiger charge is -2.32. The van der Waals surface area contributed by atoms with Crippen molar-refractivity contribution in [3.8, 4) is 6.01 Å². The van der Waals surface area contributed by atoms with E-state index in [-0.39, 0.29) is 0 Å². The number of hydrogen-bond acceptors (Lipinski definition) is 6. The number of aromatic nitrogens is 3. The van der Waals surface area contributed by atoms with E-state index in [9.17, 15) is 0 Å². The fraction of sp³-hybridized carbons (Fsp3) is 0.800. The number of ether oxygens (including phenoxy) is 1. The Bertz CT molecular complexity index is 454. The van der Waals surface area contributed by atoms with Crippen LogP contribution in [0.2, 0.25) is 0 Å². The van der Waals surface area contributed by atoms with Crippen molar-refractivity contribution in [3.05, 3.63) is 0 Å². The minimum Gasteiger partial charge on any atom is -0.467 e. The predicted octanol–water partition coefficient (Wildman–Crippen LogP) is 2.94. The molecule has 1 saturated carbocycles. The van der Waals surface area contributed by atoms with Crippen molar-refractivity contribution in [2.45, 2.75) is 52.5 Å². The summed E-state index contributed by atoms with van der Waals surface area (Å²) in [7, 11) is 1.58. The van der Waals surface area contributed by atoms with E-state index < -0.39 is 0 Å². The molecule has 6 nitrogen and oxygen atoms in total. The van der Waals surface area contributed by atoms with Gasteiger partial charge in [0.1, 0.15) is 0 Å². The molecule has 3 unspecified atom stereocenters. The lowest BCUT2D eigenvalue weighted by molar-refractivity contribution is 0.260. The molecule has 1 aliphatic rings. The van der Waals surface area contributed by atoms with Crippen molar-refractivity contribution in [2.75, 3.05) is 24.3 Å². The number of rotatable bonds is 6. The summed E-state index contributed by atoms with van der Waals surface area (Å²) < 4.78 is 5.16. The second-order valence-corrected chi connectivity index (χ2v) is 6.00. The maximum absolute atomic E-state index is 5.16. The van der Waals surface area contributed by atoms with E-state index in [1.54, 1.807) is 7.11 Å². The second-order valence-electron chi connectivity index (χ2n) is 6.00. The van der Waals surface area contributed by atoms with Gasteiger partial charge in [0.2, 0.25) is 11.9 Å². The number of nitrogens with zero attached hydrogens (tertiary/aromatic N) is 3. The summed E-state index contributed by atoms with van der Waals surface area (Å²) in [5, 5.41) is 6.62. The van der Waals surface area contributed by atoms with Crippen LogP contribution >= 0.6 is 0 Å². The highest BCUT2D eigenvalue weighted by molar-refractivity contribution is 5.36. The fourth-order valence-electron chi connectivity index (χ4n) is 2.69. The first kappa shape index (κ1) is 15.8. The molecule has 0 aromatic carbocycles. The van der Waals surface area contributed by atoms with Gasteiger partial charge in [0, 0.05) is 12.6 Å². The van der Waals surface area contributed by atoms with E-state index in [0.717, 1.165) is 37.6 Å². The minimum absolute atomic E-state index is 0.350. The van der Waals surface area contributed by atoms with Crippen molar-refractivity contribution < 1.29 is 4.74 Å². The number of anilines is 2. The molecule has 0 radical (unpaired) electrons. The van der Waals surface area contributed by atoms with Gasteiger partial charge in [0.05, 0.1) is 7.11 Å². The second kappa shape index (κ2) is 7.43. The van der Waals surface area contributed by atoms with Gasteiger partial charge in [-0.3, -0.25) is 0 Å². The Morgan fingerprint density at radius 2 is 1.86 bits per heavy atom. The number of nitrogens with one attached hydrogen (secondary N) is 2. The Labute approximate surface area is 127 Å². The molecule has 0 amide bonds. The quantitative estimate of drug-likeness (QED) is 0.840. The summed E-state index contributed by atoms with van der Waals surface area (Å²) >= 11 is 0. The third-order valence-electron chi connectivity index (χ3n) is 4.26. The molecule has 1 aromatic rings. The van der Waals surface area contributed by atoms with Crippen LogP contribution < -0.4 is 15.4 Å². The molecule has 0 saturated heterocycles. The molecule has 0 bridgehead atoms. The zero-order valence-corrected chi connectivity index (χ0v) is 13.5. The van der Waals surface area contributed by atoms with E-state index in [4.69, 9.17) is 4.74 Å². The normalized spacial score (nSPS) is 25.4. The van der Waals surface area contributed by atoms with E-state index in [1.165, 1.54) is 6.42 Å². The minimum atomic E-state index is 0.350. The number of hydrogen-bond donors (Lipinski definition) is 2. The third kappa shape index (κ3) is 4.44. The van der Waals surface area contributed by atoms with Crippen LogP contribution in [0.15, 0.2) is 0 Å². The third-order valence-corrected chi connectivity index (χ3v) is 4.26. The summed E-state index contributed by atoms with van der Waals surface area (Å²) in [6, 6.07) is 0.783.